The number of carbonyl (C=O) groups is 1. The Morgan fingerprint density at radius 2 is 1.96 bits per heavy atom. The van der Waals surface area contributed by atoms with Crippen LogP contribution in [-0.4, -0.2) is 39.4 Å². The van der Waals surface area contributed by atoms with E-state index in [0.717, 1.165) is 60.9 Å². The van der Waals surface area contributed by atoms with E-state index in [1.807, 2.05) is 35.2 Å². The first kappa shape index (κ1) is 16.6. The van der Waals surface area contributed by atoms with Crippen LogP contribution in [0.5, 0.6) is 11.5 Å². The molecule has 3 aliphatic heterocycles. The molecule has 0 aliphatic carbocycles. The van der Waals surface area contributed by atoms with E-state index < -0.39 is 5.41 Å². The number of amides is 1. The average Bonchev–Trinajstić information content (AvgIpc) is 3.21. The van der Waals surface area contributed by atoms with Gasteiger partial charge in [-0.3, -0.25) is 4.79 Å². The second kappa shape index (κ2) is 6.27. The van der Waals surface area contributed by atoms with Crippen molar-refractivity contribution in [1.29, 1.82) is 0 Å². The van der Waals surface area contributed by atoms with Gasteiger partial charge in [-0.25, -0.2) is 0 Å². The summed E-state index contributed by atoms with van der Waals surface area (Å²) in [6, 6.07) is 13.9. The van der Waals surface area contributed by atoms with E-state index >= 15 is 0 Å². The van der Waals surface area contributed by atoms with E-state index in [4.69, 9.17) is 14.2 Å². The standard InChI is InChI=1S/C22H23NO4/c1-25-16-6-7-18-20(12-16)27-14-22(18)17-4-2-3-5-19(17)23(21(22)24)13-15-8-10-26-11-9-15/h2-7,12,15H,8-11,13-14H2,1H3/t22-/m1/s1. The molecule has 5 rings (SSSR count). The fraction of sp³-hybridized carbons (Fsp3) is 0.409. The van der Waals surface area contributed by atoms with Crippen LogP contribution >= 0.6 is 0 Å². The Morgan fingerprint density at radius 1 is 1.15 bits per heavy atom. The van der Waals surface area contributed by atoms with Crippen LogP contribution in [0.1, 0.15) is 24.0 Å². The average molecular weight is 365 g/mol. The van der Waals surface area contributed by atoms with Crippen molar-refractivity contribution in [2.45, 2.75) is 18.3 Å². The molecule has 1 fully saturated rings. The summed E-state index contributed by atoms with van der Waals surface area (Å²) in [6.07, 6.45) is 2.01. The molecule has 0 unspecified atom stereocenters. The van der Waals surface area contributed by atoms with E-state index in [2.05, 4.69) is 12.1 Å². The SMILES string of the molecule is COc1ccc2c(c1)OC[C@]21C(=O)N(CC2CCOCC2)c2ccccc21. The van der Waals surface area contributed by atoms with Gasteiger partial charge in [0.05, 0.1) is 7.11 Å². The zero-order valence-electron chi connectivity index (χ0n) is 15.4. The molecule has 27 heavy (non-hydrogen) atoms. The Hall–Kier alpha value is -2.53. The number of methoxy groups -OCH3 is 1. The van der Waals surface area contributed by atoms with Gasteiger partial charge in [-0.15, -0.1) is 0 Å². The Morgan fingerprint density at radius 3 is 2.78 bits per heavy atom. The van der Waals surface area contributed by atoms with E-state index in [-0.39, 0.29) is 5.91 Å². The van der Waals surface area contributed by atoms with Gasteiger partial charge in [0.25, 0.3) is 0 Å². The lowest BCUT2D eigenvalue weighted by Gasteiger charge is -2.28. The number of anilines is 1. The maximum Gasteiger partial charge on any atom is 0.245 e. The predicted molar refractivity (Wildman–Crippen MR) is 102 cm³/mol. The predicted octanol–water partition coefficient (Wildman–Crippen LogP) is 3.15. The highest BCUT2D eigenvalue weighted by Crippen LogP contribution is 2.53. The van der Waals surface area contributed by atoms with Gasteiger partial charge in [0.15, 0.2) is 0 Å². The highest BCUT2D eigenvalue weighted by molar-refractivity contribution is 6.11. The summed E-state index contributed by atoms with van der Waals surface area (Å²) in [5, 5.41) is 0. The minimum atomic E-state index is -0.747. The van der Waals surface area contributed by atoms with Crippen molar-refractivity contribution in [1.82, 2.24) is 0 Å². The summed E-state index contributed by atoms with van der Waals surface area (Å²) < 4.78 is 16.8. The van der Waals surface area contributed by atoms with Gasteiger partial charge in [0, 0.05) is 37.1 Å². The van der Waals surface area contributed by atoms with Crippen molar-refractivity contribution < 1.29 is 19.0 Å². The van der Waals surface area contributed by atoms with Gasteiger partial charge in [0.1, 0.15) is 23.5 Å². The smallest absolute Gasteiger partial charge is 0.245 e. The Balaban J connectivity index is 1.58. The molecule has 2 aromatic rings. The number of ether oxygens (including phenoxy) is 3. The highest BCUT2D eigenvalue weighted by Gasteiger charge is 2.56. The van der Waals surface area contributed by atoms with Crippen molar-refractivity contribution in [3.05, 3.63) is 53.6 Å². The Bertz CT molecular complexity index is 890. The lowest BCUT2D eigenvalue weighted by atomic mass is 9.77. The molecule has 5 heteroatoms. The van der Waals surface area contributed by atoms with Crippen molar-refractivity contribution in [2.24, 2.45) is 5.92 Å². The molecular formula is C22H23NO4. The van der Waals surface area contributed by atoms with Gasteiger partial charge in [-0.1, -0.05) is 24.3 Å². The van der Waals surface area contributed by atoms with Crippen LogP contribution in [0, 0.1) is 5.92 Å². The van der Waals surface area contributed by atoms with Crippen LogP contribution in [-0.2, 0) is 14.9 Å². The zero-order valence-corrected chi connectivity index (χ0v) is 15.4. The number of hydrogen-bond acceptors (Lipinski definition) is 4. The third-order valence-corrected chi connectivity index (χ3v) is 6.14. The number of rotatable bonds is 3. The molecule has 1 amide bonds. The van der Waals surface area contributed by atoms with E-state index in [1.165, 1.54) is 0 Å². The van der Waals surface area contributed by atoms with E-state index in [1.54, 1.807) is 7.11 Å². The summed E-state index contributed by atoms with van der Waals surface area (Å²) in [4.78, 5) is 15.7. The van der Waals surface area contributed by atoms with Gasteiger partial charge in [-0.05, 0) is 36.5 Å². The lowest BCUT2D eigenvalue weighted by Crippen LogP contribution is -2.44. The van der Waals surface area contributed by atoms with Crippen molar-refractivity contribution in [3.8, 4) is 11.5 Å². The summed E-state index contributed by atoms with van der Waals surface area (Å²) in [7, 11) is 1.64. The molecule has 0 bridgehead atoms. The van der Waals surface area contributed by atoms with Gasteiger partial charge >= 0.3 is 0 Å². The van der Waals surface area contributed by atoms with E-state index in [9.17, 15) is 4.79 Å². The van der Waals surface area contributed by atoms with Crippen LogP contribution in [0.25, 0.3) is 0 Å². The second-order valence-electron chi connectivity index (χ2n) is 7.54. The second-order valence-corrected chi connectivity index (χ2v) is 7.54. The molecule has 1 saturated heterocycles. The van der Waals surface area contributed by atoms with Crippen LogP contribution in [0.4, 0.5) is 5.69 Å². The van der Waals surface area contributed by atoms with Gasteiger partial charge in [0.2, 0.25) is 5.91 Å². The largest absolute Gasteiger partial charge is 0.497 e. The molecule has 5 nitrogen and oxygen atoms in total. The summed E-state index contributed by atoms with van der Waals surface area (Å²) in [5.41, 5.74) is 2.26. The first-order chi connectivity index (χ1) is 13.2. The highest BCUT2D eigenvalue weighted by atomic mass is 16.5. The summed E-state index contributed by atoms with van der Waals surface area (Å²) in [5.74, 6) is 2.08. The number of benzene rings is 2. The monoisotopic (exact) mass is 365 g/mol. The molecular weight excluding hydrogens is 342 g/mol. The topological polar surface area (TPSA) is 48.0 Å². The van der Waals surface area contributed by atoms with Crippen LogP contribution in [0.15, 0.2) is 42.5 Å². The van der Waals surface area contributed by atoms with Crippen molar-refractivity contribution >= 4 is 11.6 Å². The number of nitrogens with zero attached hydrogens (tertiary/aromatic N) is 1. The molecule has 2 aromatic carbocycles. The first-order valence-electron chi connectivity index (χ1n) is 9.54. The first-order valence-corrected chi connectivity index (χ1v) is 9.54. The maximum absolute atomic E-state index is 13.8. The molecule has 0 N–H and O–H groups in total. The molecule has 0 aromatic heterocycles. The Kier molecular flexibility index (Phi) is 3.86. The molecule has 0 saturated carbocycles. The summed E-state index contributed by atoms with van der Waals surface area (Å²) in [6.45, 7) is 2.65. The molecule has 3 heterocycles. The zero-order chi connectivity index (χ0) is 18.4. The molecule has 140 valence electrons. The summed E-state index contributed by atoms with van der Waals surface area (Å²) >= 11 is 0. The van der Waals surface area contributed by atoms with Crippen LogP contribution in [0.3, 0.4) is 0 Å². The quantitative estimate of drug-likeness (QED) is 0.838. The number of fused-ring (bicyclic) bond motifs is 4. The molecule has 3 aliphatic rings. The number of para-hydroxylation sites is 1. The van der Waals surface area contributed by atoms with Crippen molar-refractivity contribution in [2.75, 3.05) is 38.4 Å². The van der Waals surface area contributed by atoms with Crippen molar-refractivity contribution in [3.63, 3.8) is 0 Å². The van der Waals surface area contributed by atoms with Gasteiger partial charge < -0.3 is 19.1 Å². The molecule has 1 spiro atoms. The normalized spacial score (nSPS) is 24.0. The number of hydrogen-bond donors (Lipinski definition) is 0. The third-order valence-electron chi connectivity index (χ3n) is 6.14. The maximum atomic E-state index is 13.8. The molecule has 0 radical (unpaired) electrons. The van der Waals surface area contributed by atoms with E-state index in [0.29, 0.717) is 12.5 Å². The van der Waals surface area contributed by atoms with Crippen LogP contribution in [0.2, 0.25) is 0 Å². The minimum Gasteiger partial charge on any atom is -0.497 e. The lowest BCUT2D eigenvalue weighted by molar-refractivity contribution is -0.122. The van der Waals surface area contributed by atoms with Crippen LogP contribution < -0.4 is 14.4 Å². The Labute approximate surface area is 158 Å². The fourth-order valence-electron chi connectivity index (χ4n) is 4.66. The van der Waals surface area contributed by atoms with Gasteiger partial charge in [-0.2, -0.15) is 0 Å². The minimum absolute atomic E-state index is 0.124. The fourth-order valence-corrected chi connectivity index (χ4v) is 4.66. The third kappa shape index (κ3) is 2.38. The molecule has 1 atom stereocenters. The number of carbonyl (C=O) groups excluding carboxylic acids is 1.